The van der Waals surface area contributed by atoms with Gasteiger partial charge in [0.2, 0.25) is 11.8 Å². The molecule has 0 bridgehead atoms. The Hall–Kier alpha value is -3.08. The summed E-state index contributed by atoms with van der Waals surface area (Å²) in [5.74, 6) is 2.18. The molecule has 0 unspecified atom stereocenters. The molecule has 5 nitrogen and oxygen atoms in total. The molecule has 5 heteroatoms. The Balaban J connectivity index is 1.76. The number of ether oxygens (including phenoxy) is 2. The fraction of sp³-hybridized carbons (Fsp3) is 0.484. The highest BCUT2D eigenvalue weighted by Gasteiger charge is 2.54. The fourth-order valence-corrected chi connectivity index (χ4v) is 4.90. The number of aromatic hydroxyl groups is 1. The van der Waals surface area contributed by atoms with E-state index >= 15 is 0 Å². The van der Waals surface area contributed by atoms with Crippen molar-refractivity contribution in [2.24, 2.45) is 15.8 Å². The summed E-state index contributed by atoms with van der Waals surface area (Å²) < 4.78 is 12.9. The van der Waals surface area contributed by atoms with Crippen LogP contribution in [0.5, 0.6) is 17.4 Å². The van der Waals surface area contributed by atoms with Crippen LogP contribution in [0.1, 0.15) is 84.9 Å². The Morgan fingerprint density at radius 2 is 1.69 bits per heavy atom. The highest BCUT2D eigenvalue weighted by Crippen LogP contribution is 2.48. The lowest BCUT2D eigenvalue weighted by Gasteiger charge is -2.44. The summed E-state index contributed by atoms with van der Waals surface area (Å²) in [6.07, 6.45) is -0.0688. The fourth-order valence-electron chi connectivity index (χ4n) is 4.90. The molecule has 0 amide bonds. The Morgan fingerprint density at radius 3 is 2.28 bits per heavy atom. The molecule has 3 aromatic rings. The van der Waals surface area contributed by atoms with Crippen molar-refractivity contribution >= 4 is 16.8 Å². The number of rotatable bonds is 4. The summed E-state index contributed by atoms with van der Waals surface area (Å²) in [4.78, 5) is 9.79. The smallest absolute Gasteiger partial charge is 0.219 e. The minimum Gasteiger partial charge on any atom is -0.506 e. The van der Waals surface area contributed by atoms with E-state index < -0.39 is 0 Å². The van der Waals surface area contributed by atoms with Crippen molar-refractivity contribution in [3.63, 3.8) is 0 Å². The second-order valence-corrected chi connectivity index (χ2v) is 12.7. The van der Waals surface area contributed by atoms with Crippen LogP contribution in [0, 0.1) is 17.8 Å². The zero-order valence-electron chi connectivity index (χ0n) is 23.4. The first-order valence-corrected chi connectivity index (χ1v) is 12.8. The number of hydrogen-bond acceptors (Lipinski definition) is 5. The normalized spacial score (nSPS) is 20.5. The largest absolute Gasteiger partial charge is 0.506 e. The quantitative estimate of drug-likeness (QED) is 0.402. The van der Waals surface area contributed by atoms with Crippen LogP contribution in [-0.4, -0.2) is 27.6 Å². The number of aliphatic imine (C=N–C) groups is 1. The van der Waals surface area contributed by atoms with E-state index in [0.29, 0.717) is 29.0 Å². The van der Waals surface area contributed by atoms with Gasteiger partial charge in [-0.2, -0.15) is 0 Å². The third kappa shape index (κ3) is 4.80. The van der Waals surface area contributed by atoms with Crippen LogP contribution in [0.15, 0.2) is 47.5 Å². The number of phenolic OH excluding ortho intramolecular Hbond substituents is 1. The summed E-state index contributed by atoms with van der Waals surface area (Å²) in [7, 11) is 0. The second kappa shape index (κ2) is 8.79. The van der Waals surface area contributed by atoms with Crippen LogP contribution in [0.4, 0.5) is 0 Å². The van der Waals surface area contributed by atoms with Gasteiger partial charge in [-0.3, -0.25) is 0 Å². The van der Waals surface area contributed by atoms with Gasteiger partial charge in [0.15, 0.2) is 0 Å². The van der Waals surface area contributed by atoms with Crippen molar-refractivity contribution in [1.29, 1.82) is 0 Å². The average molecular weight is 489 g/mol. The summed E-state index contributed by atoms with van der Waals surface area (Å²) in [6.45, 7) is 21.8. The van der Waals surface area contributed by atoms with Crippen molar-refractivity contribution in [1.82, 2.24) is 4.98 Å². The van der Waals surface area contributed by atoms with Gasteiger partial charge in [-0.1, -0.05) is 55.4 Å². The lowest BCUT2D eigenvalue weighted by Crippen LogP contribution is -2.52. The van der Waals surface area contributed by atoms with Crippen LogP contribution in [0.2, 0.25) is 0 Å². The van der Waals surface area contributed by atoms with Crippen molar-refractivity contribution in [3.8, 4) is 17.4 Å². The van der Waals surface area contributed by atoms with Gasteiger partial charge in [0.25, 0.3) is 0 Å². The molecule has 4 rings (SSSR count). The van der Waals surface area contributed by atoms with Crippen LogP contribution in [-0.2, 0) is 4.74 Å². The zero-order chi connectivity index (χ0) is 26.6. The van der Waals surface area contributed by atoms with Gasteiger partial charge in [-0.15, -0.1) is 0 Å². The Bertz CT molecular complexity index is 1330. The lowest BCUT2D eigenvalue weighted by atomic mass is 9.65. The van der Waals surface area contributed by atoms with E-state index in [4.69, 9.17) is 14.5 Å². The summed E-state index contributed by atoms with van der Waals surface area (Å²) in [5, 5.41) is 11.3. The molecule has 0 aliphatic carbocycles. The van der Waals surface area contributed by atoms with Crippen LogP contribution >= 0.6 is 0 Å². The van der Waals surface area contributed by atoms with Gasteiger partial charge in [0.05, 0.1) is 0 Å². The van der Waals surface area contributed by atoms with Gasteiger partial charge < -0.3 is 14.6 Å². The number of aromatic nitrogens is 1. The molecular formula is C31H40N2O3. The van der Waals surface area contributed by atoms with Gasteiger partial charge >= 0.3 is 0 Å². The molecular weight excluding hydrogens is 448 g/mol. The van der Waals surface area contributed by atoms with Crippen LogP contribution < -0.4 is 4.74 Å². The molecule has 192 valence electrons. The number of nitrogens with zero attached hydrogens (tertiary/aromatic N) is 2. The maximum absolute atomic E-state index is 10.4. The molecule has 1 aliphatic rings. The van der Waals surface area contributed by atoms with Crippen LogP contribution in [0.3, 0.4) is 0 Å². The first-order valence-electron chi connectivity index (χ1n) is 12.8. The minimum absolute atomic E-state index is 0.0688. The molecule has 0 fully saturated rings. The molecule has 0 spiro atoms. The molecule has 2 aromatic carbocycles. The molecule has 1 aromatic heterocycles. The summed E-state index contributed by atoms with van der Waals surface area (Å²) in [5.41, 5.74) is 2.98. The lowest BCUT2D eigenvalue weighted by molar-refractivity contribution is -0.00437. The Labute approximate surface area is 215 Å². The van der Waals surface area contributed by atoms with Crippen molar-refractivity contribution < 1.29 is 14.6 Å². The minimum atomic E-state index is -0.384. The van der Waals surface area contributed by atoms with E-state index in [-0.39, 0.29) is 28.2 Å². The third-order valence-electron chi connectivity index (χ3n) is 7.33. The van der Waals surface area contributed by atoms with E-state index in [0.717, 1.165) is 22.1 Å². The molecule has 1 aliphatic heterocycles. The maximum atomic E-state index is 10.4. The molecule has 1 N–H and O–H groups in total. The van der Waals surface area contributed by atoms with E-state index in [1.165, 1.54) is 0 Å². The van der Waals surface area contributed by atoms with Crippen LogP contribution in [0.25, 0.3) is 10.9 Å². The first kappa shape index (κ1) is 26.0. The number of phenols is 1. The zero-order valence-corrected chi connectivity index (χ0v) is 23.4. The molecule has 2 atom stereocenters. The van der Waals surface area contributed by atoms with Crippen molar-refractivity contribution in [2.75, 3.05) is 0 Å². The Kier molecular flexibility index (Phi) is 6.35. The molecule has 0 radical (unpaired) electrons. The molecule has 2 heterocycles. The summed E-state index contributed by atoms with van der Waals surface area (Å²) in [6, 6.07) is 13.6. The predicted octanol–water partition coefficient (Wildman–Crippen LogP) is 8.16. The van der Waals surface area contributed by atoms with Gasteiger partial charge in [-0.05, 0) is 72.7 Å². The van der Waals surface area contributed by atoms with E-state index in [1.54, 1.807) is 6.07 Å². The summed E-state index contributed by atoms with van der Waals surface area (Å²) >= 11 is 0. The number of hydrogen-bond donors (Lipinski definition) is 1. The van der Waals surface area contributed by atoms with E-state index in [9.17, 15) is 5.11 Å². The standard InChI is InChI=1S/C31H40N2O3/c1-18(2)21-15-22(27-33-31(10,30(7,8)9)28(36-27)29(4,5)6)17-23(16-21)35-25-12-11-20-13-19(3)14-24(34)26(20)32-25/h11-18,28,34H,1-10H3/t28-,31+/m0/s1. The monoisotopic (exact) mass is 488 g/mol. The number of fused-ring (bicyclic) bond motifs is 1. The number of pyridine rings is 1. The number of aryl methyl sites for hydroxylation is 1. The van der Waals surface area contributed by atoms with E-state index in [2.05, 4.69) is 73.4 Å². The Morgan fingerprint density at radius 1 is 1.00 bits per heavy atom. The molecule has 0 saturated carbocycles. The maximum Gasteiger partial charge on any atom is 0.219 e. The van der Waals surface area contributed by atoms with Gasteiger partial charge in [0, 0.05) is 22.4 Å². The highest BCUT2D eigenvalue weighted by molar-refractivity contribution is 5.96. The van der Waals surface area contributed by atoms with Gasteiger partial charge in [-0.25, -0.2) is 9.98 Å². The first-order chi connectivity index (χ1) is 16.6. The average Bonchev–Trinajstić information content (AvgIpc) is 3.13. The SMILES string of the molecule is Cc1cc(O)c2nc(Oc3cc(C4=N[C@@](C)(C(C)(C)C)[C@H](C(C)(C)C)O4)cc(C(C)C)c3)ccc2c1. The topological polar surface area (TPSA) is 63.9 Å². The molecule has 36 heavy (non-hydrogen) atoms. The highest BCUT2D eigenvalue weighted by atomic mass is 16.5. The number of benzene rings is 2. The third-order valence-corrected chi connectivity index (χ3v) is 7.33. The predicted molar refractivity (Wildman–Crippen MR) is 147 cm³/mol. The van der Waals surface area contributed by atoms with Crippen molar-refractivity contribution in [2.45, 2.75) is 86.8 Å². The van der Waals surface area contributed by atoms with Gasteiger partial charge in [0.1, 0.15) is 28.7 Å². The molecule has 0 saturated heterocycles. The van der Waals surface area contributed by atoms with Crippen molar-refractivity contribution in [3.05, 3.63) is 59.2 Å². The second-order valence-electron chi connectivity index (χ2n) is 12.7. The van der Waals surface area contributed by atoms with E-state index in [1.807, 2.05) is 37.3 Å².